The van der Waals surface area contributed by atoms with Crippen molar-refractivity contribution in [3.8, 4) is 0 Å². The highest BCUT2D eigenvalue weighted by Crippen LogP contribution is 2.36. The minimum absolute atomic E-state index is 0.322. The van der Waals surface area contributed by atoms with E-state index in [-0.39, 0.29) is 0 Å². The average molecular weight is 248 g/mol. The molecule has 1 aromatic heterocycles. The molecule has 3 heteroatoms. The molecule has 0 aromatic carbocycles. The molecule has 2 unspecified atom stereocenters. The van der Waals surface area contributed by atoms with Gasteiger partial charge in [-0.1, -0.05) is 13.0 Å². The number of hydrogen-bond donors (Lipinski definition) is 1. The summed E-state index contributed by atoms with van der Waals surface area (Å²) in [4.78, 5) is 4.54. The van der Waals surface area contributed by atoms with Crippen molar-refractivity contribution in [2.45, 2.75) is 44.8 Å². The first-order chi connectivity index (χ1) is 8.78. The monoisotopic (exact) mass is 248 g/mol. The van der Waals surface area contributed by atoms with E-state index < -0.39 is 0 Å². The van der Waals surface area contributed by atoms with Gasteiger partial charge in [0, 0.05) is 31.5 Å². The van der Waals surface area contributed by atoms with Gasteiger partial charge in [-0.3, -0.25) is 4.98 Å². The van der Waals surface area contributed by atoms with Crippen molar-refractivity contribution in [3.05, 3.63) is 29.6 Å². The Kier molecular flexibility index (Phi) is 4.72. The topological polar surface area (TPSA) is 34.1 Å². The third kappa shape index (κ3) is 3.30. The summed E-state index contributed by atoms with van der Waals surface area (Å²) in [6, 6.07) is 4.68. The Morgan fingerprint density at radius 2 is 2.22 bits per heavy atom. The van der Waals surface area contributed by atoms with Crippen LogP contribution in [-0.4, -0.2) is 31.3 Å². The first-order valence-corrected chi connectivity index (χ1v) is 6.92. The Bertz CT molecular complexity index is 359. The molecule has 3 nitrogen and oxygen atoms in total. The summed E-state index contributed by atoms with van der Waals surface area (Å²) in [7, 11) is 3.83. The molecule has 1 aliphatic rings. The lowest BCUT2D eigenvalue weighted by Gasteiger charge is -2.25. The van der Waals surface area contributed by atoms with Crippen LogP contribution in [0.15, 0.2) is 18.3 Å². The molecule has 0 radical (unpaired) electrons. The summed E-state index contributed by atoms with van der Waals surface area (Å²) in [5, 5.41) is 3.39. The van der Waals surface area contributed by atoms with E-state index in [1.54, 1.807) is 0 Å². The van der Waals surface area contributed by atoms with Crippen molar-refractivity contribution in [1.29, 1.82) is 0 Å². The van der Waals surface area contributed by atoms with Gasteiger partial charge in [0.05, 0.1) is 6.10 Å². The molecule has 1 saturated carbocycles. The molecule has 1 fully saturated rings. The lowest BCUT2D eigenvalue weighted by molar-refractivity contribution is 0.0531. The molecule has 1 aliphatic carbocycles. The fourth-order valence-corrected chi connectivity index (χ4v) is 2.50. The van der Waals surface area contributed by atoms with E-state index in [2.05, 4.69) is 29.4 Å². The van der Waals surface area contributed by atoms with Crippen LogP contribution < -0.4 is 5.32 Å². The predicted molar refractivity (Wildman–Crippen MR) is 73.7 cm³/mol. The van der Waals surface area contributed by atoms with Gasteiger partial charge in [0.15, 0.2) is 0 Å². The van der Waals surface area contributed by atoms with Crippen molar-refractivity contribution in [3.63, 3.8) is 0 Å². The van der Waals surface area contributed by atoms with Gasteiger partial charge in [-0.15, -0.1) is 0 Å². The Labute approximate surface area is 110 Å². The number of nitrogens with one attached hydrogen (secondary N) is 1. The predicted octanol–water partition coefficient (Wildman–Crippen LogP) is 2.20. The lowest BCUT2D eigenvalue weighted by Crippen LogP contribution is -2.42. The van der Waals surface area contributed by atoms with Gasteiger partial charge in [0.1, 0.15) is 0 Å². The summed E-state index contributed by atoms with van der Waals surface area (Å²) in [6.45, 7) is 2.15. The van der Waals surface area contributed by atoms with Crippen LogP contribution >= 0.6 is 0 Å². The summed E-state index contributed by atoms with van der Waals surface area (Å²) in [5.74, 6) is 0.738. The molecule has 0 bridgehead atoms. The number of methoxy groups -OCH3 is 1. The van der Waals surface area contributed by atoms with E-state index in [1.807, 2.05) is 20.4 Å². The van der Waals surface area contributed by atoms with E-state index in [1.165, 1.54) is 18.4 Å². The van der Waals surface area contributed by atoms with Gasteiger partial charge in [0.2, 0.25) is 0 Å². The maximum atomic E-state index is 5.65. The molecule has 100 valence electrons. The lowest BCUT2D eigenvalue weighted by atomic mass is 10.0. The second kappa shape index (κ2) is 6.30. The van der Waals surface area contributed by atoms with Gasteiger partial charge >= 0.3 is 0 Å². The molecule has 18 heavy (non-hydrogen) atoms. The fourth-order valence-electron chi connectivity index (χ4n) is 2.50. The normalized spacial score (nSPS) is 18.6. The van der Waals surface area contributed by atoms with Crippen molar-refractivity contribution >= 4 is 0 Å². The highest BCUT2D eigenvalue weighted by Gasteiger charge is 2.36. The van der Waals surface area contributed by atoms with Crippen molar-refractivity contribution in [2.24, 2.45) is 5.92 Å². The van der Waals surface area contributed by atoms with Gasteiger partial charge in [0.25, 0.3) is 0 Å². The first kappa shape index (κ1) is 13.5. The first-order valence-electron chi connectivity index (χ1n) is 6.92. The molecule has 0 spiro atoms. The Hall–Kier alpha value is -0.930. The molecule has 2 atom stereocenters. The highest BCUT2D eigenvalue weighted by molar-refractivity contribution is 5.15. The summed E-state index contributed by atoms with van der Waals surface area (Å²) < 4.78 is 5.65. The summed E-state index contributed by atoms with van der Waals surface area (Å²) >= 11 is 0. The van der Waals surface area contributed by atoms with Gasteiger partial charge in [-0.25, -0.2) is 0 Å². The Balaban J connectivity index is 1.99. The van der Waals surface area contributed by atoms with Crippen molar-refractivity contribution < 1.29 is 4.74 Å². The van der Waals surface area contributed by atoms with Gasteiger partial charge in [-0.05, 0) is 43.9 Å². The number of aromatic nitrogens is 1. The summed E-state index contributed by atoms with van der Waals surface area (Å²) in [6.07, 6.45) is 6.91. The maximum absolute atomic E-state index is 5.65. The van der Waals surface area contributed by atoms with E-state index in [0.29, 0.717) is 12.1 Å². The molecule has 1 aromatic rings. The molecule has 1 N–H and O–H groups in total. The second-order valence-electron chi connectivity index (χ2n) is 5.15. The number of aryl methyl sites for hydroxylation is 1. The highest BCUT2D eigenvalue weighted by atomic mass is 16.5. The number of rotatable bonds is 7. The third-order valence-corrected chi connectivity index (χ3v) is 3.85. The van der Waals surface area contributed by atoms with Crippen LogP contribution in [0.5, 0.6) is 0 Å². The van der Waals surface area contributed by atoms with Crippen LogP contribution in [0.3, 0.4) is 0 Å². The van der Waals surface area contributed by atoms with Crippen LogP contribution in [0.25, 0.3) is 0 Å². The van der Waals surface area contributed by atoms with E-state index in [4.69, 9.17) is 4.74 Å². The van der Waals surface area contributed by atoms with E-state index >= 15 is 0 Å². The molecule has 0 aliphatic heterocycles. The van der Waals surface area contributed by atoms with Crippen LogP contribution in [0, 0.1) is 5.92 Å². The minimum atomic E-state index is 0.322. The minimum Gasteiger partial charge on any atom is -0.380 e. The zero-order chi connectivity index (χ0) is 13.0. The standard InChI is InChI=1S/C15H24N2O/c1-4-11-5-8-13(17-10-11)9-14(16-2)15(18-3)12-6-7-12/h5,8,10,12,14-16H,4,6-7,9H2,1-3H3. The molecule has 0 saturated heterocycles. The zero-order valence-corrected chi connectivity index (χ0v) is 11.6. The molecule has 0 amide bonds. The average Bonchev–Trinajstić information content (AvgIpc) is 3.24. The van der Waals surface area contributed by atoms with Crippen LogP contribution in [0.2, 0.25) is 0 Å². The van der Waals surface area contributed by atoms with Crippen molar-refractivity contribution in [2.75, 3.05) is 14.2 Å². The quantitative estimate of drug-likeness (QED) is 0.803. The number of ether oxygens (including phenoxy) is 1. The third-order valence-electron chi connectivity index (χ3n) is 3.85. The number of hydrogen-bond acceptors (Lipinski definition) is 3. The van der Waals surface area contributed by atoms with Crippen LogP contribution in [0.4, 0.5) is 0 Å². The molecular formula is C15H24N2O. The SMILES string of the molecule is CCc1ccc(CC(NC)C(OC)C2CC2)nc1. The molecule has 1 heterocycles. The van der Waals surface area contributed by atoms with Crippen molar-refractivity contribution in [1.82, 2.24) is 10.3 Å². The van der Waals surface area contributed by atoms with Crippen LogP contribution in [0.1, 0.15) is 31.0 Å². The van der Waals surface area contributed by atoms with Crippen LogP contribution in [-0.2, 0) is 17.6 Å². The van der Waals surface area contributed by atoms with Gasteiger partial charge in [-0.2, -0.15) is 0 Å². The Morgan fingerprint density at radius 3 is 2.67 bits per heavy atom. The molecular weight excluding hydrogens is 224 g/mol. The molecule has 2 rings (SSSR count). The number of nitrogens with zero attached hydrogens (tertiary/aromatic N) is 1. The van der Waals surface area contributed by atoms with E-state index in [9.17, 15) is 0 Å². The Morgan fingerprint density at radius 1 is 1.44 bits per heavy atom. The number of likely N-dealkylation sites (N-methyl/N-ethyl adjacent to an activating group) is 1. The fraction of sp³-hybridized carbons (Fsp3) is 0.667. The van der Waals surface area contributed by atoms with E-state index in [0.717, 1.165) is 24.5 Å². The zero-order valence-electron chi connectivity index (χ0n) is 11.6. The second-order valence-corrected chi connectivity index (χ2v) is 5.15. The van der Waals surface area contributed by atoms with Gasteiger partial charge < -0.3 is 10.1 Å². The maximum Gasteiger partial charge on any atom is 0.0756 e. The smallest absolute Gasteiger partial charge is 0.0756 e. The summed E-state index contributed by atoms with van der Waals surface area (Å²) in [5.41, 5.74) is 2.44. The number of pyridine rings is 1. The largest absolute Gasteiger partial charge is 0.380 e.